The highest BCUT2D eigenvalue weighted by Crippen LogP contribution is 2.28. The lowest BCUT2D eigenvalue weighted by atomic mass is 10.1. The number of phenols is 2. The summed E-state index contributed by atoms with van der Waals surface area (Å²) in [6, 6.07) is 22.6. The van der Waals surface area contributed by atoms with E-state index in [1.54, 1.807) is 24.3 Å². The van der Waals surface area contributed by atoms with Crippen LogP contribution in [0, 0.1) is 0 Å². The number of rotatable bonds is 8. The molecule has 0 saturated heterocycles. The van der Waals surface area contributed by atoms with Crippen molar-refractivity contribution in [2.45, 2.75) is 6.54 Å². The zero-order chi connectivity index (χ0) is 23.9. The van der Waals surface area contributed by atoms with Gasteiger partial charge in [0.1, 0.15) is 0 Å². The molecule has 0 saturated carbocycles. The molecular weight excluding hydrogens is 428 g/mol. The van der Waals surface area contributed by atoms with Gasteiger partial charge in [-0.2, -0.15) is 5.10 Å². The third-order valence-electron chi connectivity index (χ3n) is 5.31. The number of ether oxygens (including phenoxy) is 2. The molecule has 6 heteroatoms. The fourth-order valence-electron chi connectivity index (χ4n) is 3.51. The minimum Gasteiger partial charge on any atom is -0.504 e. The molecule has 0 spiro atoms. The van der Waals surface area contributed by atoms with Crippen LogP contribution in [0.5, 0.6) is 23.0 Å². The Labute approximate surface area is 198 Å². The Morgan fingerprint density at radius 2 is 1.32 bits per heavy atom. The summed E-state index contributed by atoms with van der Waals surface area (Å²) in [6.07, 6.45) is 7.80. The molecule has 0 aliphatic heterocycles. The molecular formula is C28H26N2O4. The number of nitrogens with zero attached hydrogens (tertiary/aromatic N) is 2. The normalized spacial score (nSPS) is 11.4. The lowest BCUT2D eigenvalue weighted by Gasteiger charge is -2.05. The fourth-order valence-corrected chi connectivity index (χ4v) is 3.51. The zero-order valence-electron chi connectivity index (χ0n) is 19.1. The van der Waals surface area contributed by atoms with Crippen molar-refractivity contribution in [1.29, 1.82) is 0 Å². The van der Waals surface area contributed by atoms with Crippen LogP contribution in [0.25, 0.3) is 24.3 Å². The number of phenolic OH excluding ortho intramolecular Hbond substituents is 2. The van der Waals surface area contributed by atoms with E-state index in [-0.39, 0.29) is 11.5 Å². The molecule has 172 valence electrons. The van der Waals surface area contributed by atoms with E-state index >= 15 is 0 Å². The number of hydrogen-bond acceptors (Lipinski definition) is 5. The van der Waals surface area contributed by atoms with Crippen LogP contribution in [0.4, 0.5) is 0 Å². The molecule has 0 unspecified atom stereocenters. The zero-order valence-corrected chi connectivity index (χ0v) is 19.1. The predicted molar refractivity (Wildman–Crippen MR) is 135 cm³/mol. The SMILES string of the molecule is COc1cc(/C=C/c2cc(/C=C/c3ccc(O)c(OC)c3)n(Cc3ccccc3)n2)ccc1O. The third kappa shape index (κ3) is 5.48. The number of aromatic nitrogens is 2. The van der Waals surface area contributed by atoms with Crippen LogP contribution < -0.4 is 9.47 Å². The highest BCUT2D eigenvalue weighted by Gasteiger charge is 2.07. The number of hydrogen-bond donors (Lipinski definition) is 2. The van der Waals surface area contributed by atoms with E-state index in [2.05, 4.69) is 12.1 Å². The molecule has 6 nitrogen and oxygen atoms in total. The van der Waals surface area contributed by atoms with Gasteiger partial charge in [0.2, 0.25) is 0 Å². The molecule has 4 rings (SSSR count). The molecule has 1 heterocycles. The Morgan fingerprint density at radius 3 is 1.91 bits per heavy atom. The Bertz CT molecular complexity index is 1320. The molecule has 2 N–H and O–H groups in total. The number of aromatic hydroxyl groups is 2. The summed E-state index contributed by atoms with van der Waals surface area (Å²) < 4.78 is 12.3. The van der Waals surface area contributed by atoms with Gasteiger partial charge in [0.15, 0.2) is 23.0 Å². The first-order chi connectivity index (χ1) is 16.6. The van der Waals surface area contributed by atoms with Crippen molar-refractivity contribution in [1.82, 2.24) is 9.78 Å². The molecule has 4 aromatic rings. The molecule has 1 aromatic heterocycles. The summed E-state index contributed by atoms with van der Waals surface area (Å²) in [5.74, 6) is 1.05. The lowest BCUT2D eigenvalue weighted by Crippen LogP contribution is -2.03. The van der Waals surface area contributed by atoms with Gasteiger partial charge in [0.25, 0.3) is 0 Å². The van der Waals surface area contributed by atoms with Crippen molar-refractivity contribution in [3.05, 3.63) is 101 Å². The lowest BCUT2D eigenvalue weighted by molar-refractivity contribution is 0.373. The van der Waals surface area contributed by atoms with Crippen molar-refractivity contribution in [3.8, 4) is 23.0 Å². The average Bonchev–Trinajstić information content (AvgIpc) is 3.25. The maximum atomic E-state index is 9.84. The summed E-state index contributed by atoms with van der Waals surface area (Å²) in [6.45, 7) is 0.625. The molecule has 0 amide bonds. The minimum absolute atomic E-state index is 0.102. The van der Waals surface area contributed by atoms with Crippen molar-refractivity contribution in [3.63, 3.8) is 0 Å². The van der Waals surface area contributed by atoms with Gasteiger partial charge in [-0.1, -0.05) is 54.6 Å². The molecule has 0 aliphatic carbocycles. The van der Waals surface area contributed by atoms with Crippen LogP contribution in [0.1, 0.15) is 28.1 Å². The number of benzene rings is 3. The Kier molecular flexibility index (Phi) is 6.98. The average molecular weight is 455 g/mol. The van der Waals surface area contributed by atoms with Crippen LogP contribution >= 0.6 is 0 Å². The van der Waals surface area contributed by atoms with Crippen molar-refractivity contribution < 1.29 is 19.7 Å². The maximum absolute atomic E-state index is 9.84. The van der Waals surface area contributed by atoms with Crippen LogP contribution in [-0.2, 0) is 6.54 Å². The molecule has 0 radical (unpaired) electrons. The Balaban J connectivity index is 1.64. The van der Waals surface area contributed by atoms with Gasteiger partial charge in [-0.05, 0) is 59.2 Å². The first kappa shape index (κ1) is 22.7. The number of methoxy groups -OCH3 is 2. The Morgan fingerprint density at radius 1 is 0.735 bits per heavy atom. The van der Waals surface area contributed by atoms with E-state index in [1.165, 1.54) is 14.2 Å². The summed E-state index contributed by atoms with van der Waals surface area (Å²) >= 11 is 0. The summed E-state index contributed by atoms with van der Waals surface area (Å²) in [5.41, 5.74) is 4.66. The Hall–Kier alpha value is -4.45. The van der Waals surface area contributed by atoms with Gasteiger partial charge in [-0.3, -0.25) is 4.68 Å². The molecule has 0 atom stereocenters. The van der Waals surface area contributed by atoms with E-state index in [0.29, 0.717) is 18.0 Å². The summed E-state index contributed by atoms with van der Waals surface area (Å²) in [4.78, 5) is 0. The highest BCUT2D eigenvalue weighted by molar-refractivity contribution is 5.73. The largest absolute Gasteiger partial charge is 0.504 e. The standard InChI is InChI=1S/C28H26N2O4/c1-33-27-16-20(10-14-25(27)31)8-12-23-18-24(30(29-23)19-22-6-4-3-5-7-22)13-9-21-11-15-26(32)28(17-21)34-2/h3-18,31-32H,19H2,1-2H3/b12-8+,13-9+. The molecule has 0 aliphatic rings. The fraction of sp³-hybridized carbons (Fsp3) is 0.107. The van der Waals surface area contributed by atoms with Gasteiger partial charge in [-0.25, -0.2) is 0 Å². The third-order valence-corrected chi connectivity index (χ3v) is 5.31. The van der Waals surface area contributed by atoms with E-state index in [1.807, 2.05) is 65.4 Å². The summed E-state index contributed by atoms with van der Waals surface area (Å²) in [5, 5.41) is 24.4. The van der Waals surface area contributed by atoms with E-state index < -0.39 is 0 Å². The minimum atomic E-state index is 0.102. The van der Waals surface area contributed by atoms with Crippen LogP contribution in [0.15, 0.2) is 72.8 Å². The van der Waals surface area contributed by atoms with E-state index in [0.717, 1.165) is 28.1 Å². The van der Waals surface area contributed by atoms with Crippen molar-refractivity contribution in [2.24, 2.45) is 0 Å². The van der Waals surface area contributed by atoms with Gasteiger partial charge >= 0.3 is 0 Å². The predicted octanol–water partition coefficient (Wildman–Crippen LogP) is 5.70. The molecule has 0 bridgehead atoms. The van der Waals surface area contributed by atoms with Gasteiger partial charge < -0.3 is 19.7 Å². The second kappa shape index (κ2) is 10.4. The first-order valence-corrected chi connectivity index (χ1v) is 10.8. The monoisotopic (exact) mass is 454 g/mol. The van der Waals surface area contributed by atoms with Crippen LogP contribution in [-0.4, -0.2) is 34.2 Å². The quantitative estimate of drug-likeness (QED) is 0.357. The second-order valence-electron chi connectivity index (χ2n) is 7.67. The van der Waals surface area contributed by atoms with Gasteiger partial charge in [0, 0.05) is 0 Å². The highest BCUT2D eigenvalue weighted by atomic mass is 16.5. The van der Waals surface area contributed by atoms with Crippen LogP contribution in [0.3, 0.4) is 0 Å². The summed E-state index contributed by atoms with van der Waals surface area (Å²) in [7, 11) is 3.05. The van der Waals surface area contributed by atoms with E-state index in [9.17, 15) is 10.2 Å². The molecule has 3 aromatic carbocycles. The van der Waals surface area contributed by atoms with Gasteiger partial charge in [0.05, 0.1) is 32.2 Å². The topological polar surface area (TPSA) is 76.7 Å². The van der Waals surface area contributed by atoms with Crippen molar-refractivity contribution in [2.75, 3.05) is 14.2 Å². The van der Waals surface area contributed by atoms with Crippen LogP contribution in [0.2, 0.25) is 0 Å². The van der Waals surface area contributed by atoms with Crippen molar-refractivity contribution >= 4 is 24.3 Å². The second-order valence-corrected chi connectivity index (χ2v) is 7.67. The first-order valence-electron chi connectivity index (χ1n) is 10.8. The smallest absolute Gasteiger partial charge is 0.161 e. The van der Waals surface area contributed by atoms with E-state index in [4.69, 9.17) is 14.6 Å². The van der Waals surface area contributed by atoms with Gasteiger partial charge in [-0.15, -0.1) is 0 Å². The maximum Gasteiger partial charge on any atom is 0.161 e. The molecule has 0 fully saturated rings. The molecule has 34 heavy (non-hydrogen) atoms.